The fraction of sp³-hybridized carbons (Fsp3) is 0. The number of sulfonamides is 1. The number of esters is 1. The topological polar surface area (TPSA) is 77.7 Å². The number of para-hydroxylation sites is 1. The van der Waals surface area contributed by atoms with E-state index in [2.05, 4.69) is 4.40 Å². The molecule has 1 heterocycles. The standard InChI is InChI=1S/C28H19FN2O4S2/c29-22-13-17-25(18-14-22)37(33,34)30-28-31(23-9-5-2-6-10-23)26(19-36-28)20-11-15-24(16-12-20)35-27(32)21-7-3-1-4-8-21/h1-19H. The van der Waals surface area contributed by atoms with E-state index in [1.54, 1.807) is 58.5 Å². The van der Waals surface area contributed by atoms with Crippen LogP contribution in [0, 0.1) is 5.82 Å². The molecule has 0 aliphatic carbocycles. The monoisotopic (exact) mass is 530 g/mol. The fourth-order valence-electron chi connectivity index (χ4n) is 3.60. The number of carbonyl (C=O) groups excluding carboxylic acids is 1. The minimum atomic E-state index is -4.09. The van der Waals surface area contributed by atoms with Crippen LogP contribution in [0.5, 0.6) is 5.75 Å². The predicted molar refractivity (Wildman–Crippen MR) is 140 cm³/mol. The van der Waals surface area contributed by atoms with Gasteiger partial charge in [0.05, 0.1) is 16.2 Å². The van der Waals surface area contributed by atoms with Crippen LogP contribution >= 0.6 is 11.3 Å². The van der Waals surface area contributed by atoms with Crippen LogP contribution in [0.2, 0.25) is 0 Å². The van der Waals surface area contributed by atoms with E-state index in [9.17, 15) is 17.6 Å². The van der Waals surface area contributed by atoms with Crippen LogP contribution in [0.25, 0.3) is 16.9 Å². The molecule has 0 spiro atoms. The lowest BCUT2D eigenvalue weighted by atomic mass is 10.1. The maximum atomic E-state index is 13.3. The van der Waals surface area contributed by atoms with Crippen molar-refractivity contribution in [2.24, 2.45) is 4.40 Å². The van der Waals surface area contributed by atoms with Gasteiger partial charge in [-0.25, -0.2) is 9.18 Å². The summed E-state index contributed by atoms with van der Waals surface area (Å²) < 4.78 is 50.5. The third kappa shape index (κ3) is 5.42. The summed E-state index contributed by atoms with van der Waals surface area (Å²) in [4.78, 5) is 12.5. The minimum absolute atomic E-state index is 0.104. The van der Waals surface area contributed by atoms with E-state index < -0.39 is 21.8 Å². The van der Waals surface area contributed by atoms with Gasteiger partial charge in [0.25, 0.3) is 10.0 Å². The number of rotatable bonds is 6. The predicted octanol–water partition coefficient (Wildman–Crippen LogP) is 5.85. The first kappa shape index (κ1) is 24.4. The van der Waals surface area contributed by atoms with Crippen LogP contribution in [0.3, 0.4) is 0 Å². The van der Waals surface area contributed by atoms with E-state index >= 15 is 0 Å². The summed E-state index contributed by atoms with van der Waals surface area (Å²) >= 11 is 1.16. The smallest absolute Gasteiger partial charge is 0.343 e. The van der Waals surface area contributed by atoms with Gasteiger partial charge >= 0.3 is 5.97 Å². The zero-order valence-corrected chi connectivity index (χ0v) is 20.8. The molecule has 0 N–H and O–H groups in total. The molecule has 0 radical (unpaired) electrons. The molecule has 0 unspecified atom stereocenters. The number of hydrogen-bond donors (Lipinski definition) is 0. The van der Waals surface area contributed by atoms with Crippen molar-refractivity contribution < 1.29 is 22.3 Å². The molecule has 0 saturated heterocycles. The van der Waals surface area contributed by atoms with Crippen LogP contribution in [0.1, 0.15) is 10.4 Å². The second-order valence-corrected chi connectivity index (χ2v) is 10.3. The number of thiazole rings is 1. The molecule has 0 fully saturated rings. The lowest BCUT2D eigenvalue weighted by Crippen LogP contribution is -2.16. The molecule has 184 valence electrons. The number of halogens is 1. The van der Waals surface area contributed by atoms with E-state index in [1.165, 1.54) is 12.1 Å². The van der Waals surface area contributed by atoms with Crippen molar-refractivity contribution >= 4 is 27.3 Å². The molecule has 0 saturated carbocycles. The summed E-state index contributed by atoms with van der Waals surface area (Å²) in [6.45, 7) is 0. The second-order valence-electron chi connectivity index (χ2n) is 7.87. The van der Waals surface area contributed by atoms with Gasteiger partial charge in [0.2, 0.25) is 4.80 Å². The van der Waals surface area contributed by atoms with Crippen LogP contribution in [0.4, 0.5) is 4.39 Å². The Morgan fingerprint density at radius 3 is 2.08 bits per heavy atom. The number of benzene rings is 4. The Morgan fingerprint density at radius 1 is 0.811 bits per heavy atom. The molecule has 1 aromatic heterocycles. The molecular formula is C28H19FN2O4S2. The molecule has 0 atom stereocenters. The molecule has 4 aromatic carbocycles. The van der Waals surface area contributed by atoms with E-state index in [0.29, 0.717) is 22.7 Å². The quantitative estimate of drug-likeness (QED) is 0.204. The van der Waals surface area contributed by atoms with Gasteiger partial charge < -0.3 is 4.74 Å². The van der Waals surface area contributed by atoms with E-state index in [-0.39, 0.29) is 9.70 Å². The first-order valence-corrected chi connectivity index (χ1v) is 13.4. The number of aromatic nitrogens is 1. The number of ether oxygens (including phenoxy) is 1. The molecular weight excluding hydrogens is 511 g/mol. The third-order valence-corrected chi connectivity index (χ3v) is 7.62. The van der Waals surface area contributed by atoms with Gasteiger partial charge in [-0.2, -0.15) is 8.42 Å². The maximum Gasteiger partial charge on any atom is 0.343 e. The lowest BCUT2D eigenvalue weighted by molar-refractivity contribution is 0.0734. The number of hydrogen-bond acceptors (Lipinski definition) is 5. The molecule has 0 amide bonds. The summed E-state index contributed by atoms with van der Waals surface area (Å²) in [6, 6.07) is 29.4. The van der Waals surface area contributed by atoms with Gasteiger partial charge in [-0.15, -0.1) is 15.7 Å². The Hall–Kier alpha value is -4.34. The highest BCUT2D eigenvalue weighted by atomic mass is 32.2. The first-order valence-electron chi connectivity index (χ1n) is 11.1. The van der Waals surface area contributed by atoms with E-state index in [1.807, 2.05) is 36.4 Å². The maximum absolute atomic E-state index is 13.3. The normalized spacial score (nSPS) is 11.9. The molecule has 0 aliphatic heterocycles. The zero-order valence-electron chi connectivity index (χ0n) is 19.2. The average Bonchev–Trinajstić information content (AvgIpc) is 3.33. The molecule has 0 aliphatic rings. The van der Waals surface area contributed by atoms with Crippen LogP contribution in [0.15, 0.2) is 124 Å². The number of carbonyl (C=O) groups is 1. The van der Waals surface area contributed by atoms with Crippen molar-refractivity contribution in [3.05, 3.63) is 131 Å². The van der Waals surface area contributed by atoms with Gasteiger partial charge in [0.15, 0.2) is 0 Å². The summed E-state index contributed by atoms with van der Waals surface area (Å²) in [5.41, 5.74) is 2.62. The van der Waals surface area contributed by atoms with Crippen LogP contribution < -0.4 is 9.54 Å². The van der Waals surface area contributed by atoms with Crippen molar-refractivity contribution in [3.63, 3.8) is 0 Å². The first-order chi connectivity index (χ1) is 17.9. The lowest BCUT2D eigenvalue weighted by Gasteiger charge is -2.10. The highest BCUT2D eigenvalue weighted by Crippen LogP contribution is 2.26. The molecule has 5 rings (SSSR count). The largest absolute Gasteiger partial charge is 0.423 e. The molecule has 0 bridgehead atoms. The molecule has 6 nitrogen and oxygen atoms in total. The number of nitrogens with zero attached hydrogens (tertiary/aromatic N) is 2. The molecule has 9 heteroatoms. The fourth-order valence-corrected chi connectivity index (χ4v) is 5.71. The summed E-state index contributed by atoms with van der Waals surface area (Å²) in [6.07, 6.45) is 0. The zero-order chi connectivity index (χ0) is 25.8. The van der Waals surface area contributed by atoms with Crippen molar-refractivity contribution in [2.75, 3.05) is 0 Å². The summed E-state index contributed by atoms with van der Waals surface area (Å²) in [7, 11) is -4.09. The van der Waals surface area contributed by atoms with Gasteiger partial charge in [-0.05, 0) is 78.4 Å². The Kier molecular flexibility index (Phi) is 6.80. The summed E-state index contributed by atoms with van der Waals surface area (Å²) in [5.74, 6) is -0.618. The van der Waals surface area contributed by atoms with Crippen LogP contribution in [-0.4, -0.2) is 19.0 Å². The third-order valence-electron chi connectivity index (χ3n) is 5.40. The second kappa shape index (κ2) is 10.3. The van der Waals surface area contributed by atoms with Crippen molar-refractivity contribution in [2.45, 2.75) is 4.90 Å². The van der Waals surface area contributed by atoms with E-state index in [4.69, 9.17) is 4.74 Å². The molecule has 37 heavy (non-hydrogen) atoms. The van der Waals surface area contributed by atoms with Crippen molar-refractivity contribution in [3.8, 4) is 22.7 Å². The van der Waals surface area contributed by atoms with E-state index in [0.717, 1.165) is 29.0 Å². The summed E-state index contributed by atoms with van der Waals surface area (Å²) in [5, 5.41) is 1.80. The van der Waals surface area contributed by atoms with Gasteiger partial charge in [0, 0.05) is 11.1 Å². The van der Waals surface area contributed by atoms with Gasteiger partial charge in [-0.3, -0.25) is 4.57 Å². The van der Waals surface area contributed by atoms with Crippen molar-refractivity contribution in [1.29, 1.82) is 0 Å². The van der Waals surface area contributed by atoms with Crippen LogP contribution in [-0.2, 0) is 10.0 Å². The Labute approximate surface area is 216 Å². The Morgan fingerprint density at radius 2 is 1.43 bits per heavy atom. The SMILES string of the molecule is O=C(Oc1ccc(-c2csc(=NS(=O)(=O)c3ccc(F)cc3)n2-c2ccccc2)cc1)c1ccccc1. The van der Waals surface area contributed by atoms with Gasteiger partial charge in [0.1, 0.15) is 11.6 Å². The average molecular weight is 531 g/mol. The van der Waals surface area contributed by atoms with Crippen molar-refractivity contribution in [1.82, 2.24) is 4.57 Å². The Bertz CT molecular complexity index is 1710. The minimum Gasteiger partial charge on any atom is -0.423 e. The molecule has 5 aromatic rings. The van der Waals surface area contributed by atoms with Gasteiger partial charge in [-0.1, -0.05) is 36.4 Å². The highest BCUT2D eigenvalue weighted by Gasteiger charge is 2.17. The Balaban J connectivity index is 1.53. The highest BCUT2D eigenvalue weighted by molar-refractivity contribution is 7.90.